The highest BCUT2D eigenvalue weighted by molar-refractivity contribution is 5.96. The van der Waals surface area contributed by atoms with Crippen molar-refractivity contribution in [3.05, 3.63) is 101 Å². The molecular formula is C32H37N5O3. The Kier molecular flexibility index (Phi) is 8.58. The number of aromatic nitrogens is 2. The van der Waals surface area contributed by atoms with Crippen molar-refractivity contribution >= 4 is 23.4 Å². The van der Waals surface area contributed by atoms with Gasteiger partial charge in [0.1, 0.15) is 18.1 Å². The molecule has 0 spiro atoms. The van der Waals surface area contributed by atoms with Crippen molar-refractivity contribution in [3.8, 4) is 11.4 Å². The third-order valence-corrected chi connectivity index (χ3v) is 6.50. The first-order chi connectivity index (χ1) is 19.0. The van der Waals surface area contributed by atoms with Gasteiger partial charge >= 0.3 is 6.03 Å². The number of nitrogens with one attached hydrogen (secondary N) is 2. The minimum absolute atomic E-state index is 0.153. The molecule has 0 aliphatic heterocycles. The van der Waals surface area contributed by atoms with Crippen LogP contribution in [0.3, 0.4) is 0 Å². The molecule has 208 valence electrons. The third kappa shape index (κ3) is 7.08. The number of rotatable bonds is 8. The summed E-state index contributed by atoms with van der Waals surface area (Å²) in [7, 11) is 1.59. The maximum atomic E-state index is 13.4. The number of ether oxygens (including phenoxy) is 1. The van der Waals surface area contributed by atoms with Crippen LogP contribution in [0.15, 0.2) is 78.9 Å². The second-order valence-electron chi connectivity index (χ2n) is 10.9. The molecule has 4 aromatic rings. The molecule has 0 radical (unpaired) electrons. The van der Waals surface area contributed by atoms with Gasteiger partial charge in [0.25, 0.3) is 0 Å². The van der Waals surface area contributed by atoms with Crippen LogP contribution >= 0.6 is 0 Å². The molecule has 1 aromatic heterocycles. The maximum absolute atomic E-state index is 13.4. The molecule has 0 bridgehead atoms. The van der Waals surface area contributed by atoms with Crippen LogP contribution in [0.4, 0.5) is 16.3 Å². The largest absolute Gasteiger partial charge is 0.497 e. The highest BCUT2D eigenvalue weighted by Gasteiger charge is 2.24. The number of benzene rings is 3. The second-order valence-corrected chi connectivity index (χ2v) is 10.9. The van der Waals surface area contributed by atoms with Gasteiger partial charge in [0, 0.05) is 23.7 Å². The fourth-order valence-corrected chi connectivity index (χ4v) is 4.30. The molecule has 3 aromatic carbocycles. The van der Waals surface area contributed by atoms with Crippen molar-refractivity contribution in [1.82, 2.24) is 14.7 Å². The summed E-state index contributed by atoms with van der Waals surface area (Å²) in [6.07, 6.45) is 0. The molecule has 0 saturated heterocycles. The number of carbonyl (C=O) groups is 2. The molecule has 0 aliphatic carbocycles. The Morgan fingerprint density at radius 3 is 2.25 bits per heavy atom. The summed E-state index contributed by atoms with van der Waals surface area (Å²) in [5.74, 6) is 0.915. The first kappa shape index (κ1) is 28.4. The van der Waals surface area contributed by atoms with E-state index in [1.54, 1.807) is 36.1 Å². The first-order valence-corrected chi connectivity index (χ1v) is 13.3. The highest BCUT2D eigenvalue weighted by Crippen LogP contribution is 2.28. The number of urea groups is 1. The van der Waals surface area contributed by atoms with E-state index in [0.717, 1.165) is 28.1 Å². The molecule has 2 N–H and O–H groups in total. The molecule has 0 fully saturated rings. The number of carbonyl (C=O) groups excluding carboxylic acids is 2. The van der Waals surface area contributed by atoms with Crippen molar-refractivity contribution in [2.75, 3.05) is 24.3 Å². The monoisotopic (exact) mass is 539 g/mol. The molecule has 0 unspecified atom stereocenters. The van der Waals surface area contributed by atoms with Crippen LogP contribution in [-0.4, -0.2) is 40.3 Å². The third-order valence-electron chi connectivity index (χ3n) is 6.50. The quantitative estimate of drug-likeness (QED) is 0.269. The topological polar surface area (TPSA) is 88.5 Å². The van der Waals surface area contributed by atoms with Gasteiger partial charge in [0.05, 0.1) is 18.5 Å². The predicted octanol–water partition coefficient (Wildman–Crippen LogP) is 6.47. The van der Waals surface area contributed by atoms with E-state index >= 15 is 0 Å². The van der Waals surface area contributed by atoms with Gasteiger partial charge in [-0.1, -0.05) is 68.8 Å². The molecular weight excluding hydrogens is 502 g/mol. The number of amides is 3. The number of nitrogens with zero attached hydrogens (tertiary/aromatic N) is 3. The lowest BCUT2D eigenvalue weighted by Crippen LogP contribution is -2.40. The minimum atomic E-state index is -0.387. The van der Waals surface area contributed by atoms with Gasteiger partial charge in [0.15, 0.2) is 0 Å². The molecule has 8 heteroatoms. The molecule has 4 rings (SSSR count). The standard InChI is InChI=1S/C32H37N5O3/c1-22-12-17-27(23(2)18-22)37-29(19-28(35-37)32(3,4)5)34-30(38)21-36(20-24-10-8-7-9-11-24)31(39)33-25-13-15-26(40-6)16-14-25/h7-19H,20-21H2,1-6H3,(H,33,39)(H,34,38). The van der Waals surface area contributed by atoms with E-state index in [2.05, 4.69) is 37.5 Å². The van der Waals surface area contributed by atoms with Gasteiger partial charge in [-0.2, -0.15) is 5.10 Å². The van der Waals surface area contributed by atoms with Crippen molar-refractivity contribution in [2.24, 2.45) is 0 Å². The van der Waals surface area contributed by atoms with Crippen LogP contribution in [0, 0.1) is 13.8 Å². The molecule has 0 atom stereocenters. The highest BCUT2D eigenvalue weighted by atomic mass is 16.5. The van der Waals surface area contributed by atoms with Gasteiger partial charge in [-0.3, -0.25) is 4.79 Å². The Morgan fingerprint density at radius 1 is 0.925 bits per heavy atom. The van der Waals surface area contributed by atoms with Crippen LogP contribution in [0.5, 0.6) is 5.75 Å². The van der Waals surface area contributed by atoms with Crippen molar-refractivity contribution in [1.29, 1.82) is 0 Å². The Hall–Kier alpha value is -4.59. The molecule has 1 heterocycles. The van der Waals surface area contributed by atoms with Gasteiger partial charge in [-0.25, -0.2) is 9.48 Å². The van der Waals surface area contributed by atoms with Crippen LogP contribution in [-0.2, 0) is 16.8 Å². The van der Waals surface area contributed by atoms with Crippen LogP contribution in [0.1, 0.15) is 43.2 Å². The van der Waals surface area contributed by atoms with Gasteiger partial charge in [0.2, 0.25) is 5.91 Å². The summed E-state index contributed by atoms with van der Waals surface area (Å²) in [4.78, 5) is 28.3. The van der Waals surface area contributed by atoms with Crippen molar-refractivity contribution in [3.63, 3.8) is 0 Å². The molecule has 8 nitrogen and oxygen atoms in total. The fourth-order valence-electron chi connectivity index (χ4n) is 4.30. The Morgan fingerprint density at radius 2 is 1.62 bits per heavy atom. The molecule has 0 aliphatic rings. The maximum Gasteiger partial charge on any atom is 0.322 e. The minimum Gasteiger partial charge on any atom is -0.497 e. The molecule has 3 amide bonds. The summed E-state index contributed by atoms with van der Waals surface area (Å²) in [6, 6.07) is 24.3. The van der Waals surface area contributed by atoms with E-state index in [4.69, 9.17) is 9.84 Å². The van der Waals surface area contributed by atoms with E-state index in [9.17, 15) is 9.59 Å². The van der Waals surface area contributed by atoms with Crippen molar-refractivity contribution < 1.29 is 14.3 Å². The zero-order valence-electron chi connectivity index (χ0n) is 24.0. The second kappa shape index (κ2) is 12.1. The normalized spacial score (nSPS) is 11.2. The SMILES string of the molecule is COc1ccc(NC(=O)N(CC(=O)Nc2cc(C(C)(C)C)nn2-c2ccc(C)cc2C)Cc2ccccc2)cc1. The zero-order valence-corrected chi connectivity index (χ0v) is 24.0. The average Bonchev–Trinajstić information content (AvgIpc) is 3.33. The summed E-state index contributed by atoms with van der Waals surface area (Å²) < 4.78 is 6.97. The Bertz CT molecular complexity index is 1470. The lowest BCUT2D eigenvalue weighted by molar-refractivity contribution is -0.116. The smallest absolute Gasteiger partial charge is 0.322 e. The van der Waals surface area contributed by atoms with Gasteiger partial charge < -0.3 is 20.3 Å². The zero-order chi connectivity index (χ0) is 28.9. The number of hydrogen-bond donors (Lipinski definition) is 2. The summed E-state index contributed by atoms with van der Waals surface area (Å²) in [6.45, 7) is 10.4. The number of hydrogen-bond acceptors (Lipinski definition) is 4. The predicted molar refractivity (Wildman–Crippen MR) is 159 cm³/mol. The van der Waals surface area contributed by atoms with E-state index in [1.165, 1.54) is 4.90 Å². The van der Waals surface area contributed by atoms with Crippen molar-refractivity contribution in [2.45, 2.75) is 46.6 Å². The number of anilines is 2. The van der Waals surface area contributed by atoms with Crippen LogP contribution < -0.4 is 15.4 Å². The van der Waals surface area contributed by atoms with Gasteiger partial charge in [-0.05, 0) is 55.3 Å². The van der Waals surface area contributed by atoms with E-state index in [0.29, 0.717) is 17.3 Å². The van der Waals surface area contributed by atoms with Crippen LogP contribution in [0.25, 0.3) is 5.69 Å². The lowest BCUT2D eigenvalue weighted by atomic mass is 9.92. The Balaban J connectivity index is 1.59. The van der Waals surface area contributed by atoms with E-state index in [-0.39, 0.29) is 30.4 Å². The summed E-state index contributed by atoms with van der Waals surface area (Å²) in [5, 5.41) is 10.8. The number of methoxy groups -OCH3 is 1. The lowest BCUT2D eigenvalue weighted by Gasteiger charge is -2.23. The van der Waals surface area contributed by atoms with E-state index < -0.39 is 0 Å². The summed E-state index contributed by atoms with van der Waals surface area (Å²) in [5.41, 5.74) is 5.22. The van der Waals surface area contributed by atoms with Crippen LogP contribution in [0.2, 0.25) is 0 Å². The van der Waals surface area contributed by atoms with E-state index in [1.807, 2.05) is 62.4 Å². The Labute approximate surface area is 236 Å². The molecule has 0 saturated carbocycles. The van der Waals surface area contributed by atoms with Gasteiger partial charge in [-0.15, -0.1) is 0 Å². The fraction of sp³-hybridized carbons (Fsp3) is 0.281. The number of aryl methyl sites for hydroxylation is 2. The first-order valence-electron chi connectivity index (χ1n) is 13.3. The summed E-state index contributed by atoms with van der Waals surface area (Å²) >= 11 is 0. The average molecular weight is 540 g/mol. The molecule has 40 heavy (non-hydrogen) atoms.